The Hall–Kier alpha value is 1.68. The average molecular weight is 241 g/mol. The van der Waals surface area contributed by atoms with Gasteiger partial charge in [-0.05, 0) is 0 Å². The predicted octanol–water partition coefficient (Wildman–Crippen LogP) is -3.21. The van der Waals surface area contributed by atoms with Gasteiger partial charge in [-0.25, -0.2) is 0 Å². The number of phosphoric acid groups is 1. The Morgan fingerprint density at radius 2 is 1.12 bits per heavy atom. The van der Waals surface area contributed by atoms with E-state index in [1.165, 1.54) is 0 Å². The summed E-state index contributed by atoms with van der Waals surface area (Å²) in [6.45, 7) is 0. The molecule has 1 radical (unpaired) electrons. The van der Waals surface area contributed by atoms with Crippen molar-refractivity contribution in [3.05, 3.63) is 0 Å². The quantitative estimate of drug-likeness (QED) is 0.330. The third-order valence-corrected chi connectivity index (χ3v) is 0. The van der Waals surface area contributed by atoms with Crippen LogP contribution >= 0.6 is 7.82 Å². The second-order valence-corrected chi connectivity index (χ2v) is 1.34. The van der Waals surface area contributed by atoms with Crippen LogP contribution in [0.2, 0.25) is 0 Å². The van der Waals surface area contributed by atoms with Gasteiger partial charge in [-0.2, -0.15) is 7.82 Å². The molecule has 0 saturated carbocycles. The van der Waals surface area contributed by atoms with Crippen LogP contribution in [0.4, 0.5) is 0 Å². The van der Waals surface area contributed by atoms with Crippen molar-refractivity contribution in [3.8, 4) is 0 Å². The van der Waals surface area contributed by atoms with Gasteiger partial charge in [0.2, 0.25) is 0 Å². The molecule has 8 heavy (non-hydrogen) atoms. The van der Waals surface area contributed by atoms with Gasteiger partial charge in [0.1, 0.15) is 0 Å². The summed E-state index contributed by atoms with van der Waals surface area (Å²) in [7, 11) is -5.39. The molecular formula is AlCuFeO4P+4. The Kier molecular flexibility index (Phi) is 24.5. The maximum Gasteiger partial charge on any atom is 3.00 e. The molecule has 0 aromatic carbocycles. The van der Waals surface area contributed by atoms with Gasteiger partial charge >= 0.3 is 51.5 Å². The van der Waals surface area contributed by atoms with Crippen LogP contribution in [0.3, 0.4) is 0 Å². The van der Waals surface area contributed by atoms with Crippen LogP contribution in [0.25, 0.3) is 0 Å². The molecule has 8 heteroatoms. The third kappa shape index (κ3) is 121. The summed E-state index contributed by atoms with van der Waals surface area (Å²) >= 11 is 0. The van der Waals surface area contributed by atoms with Gasteiger partial charge in [0.25, 0.3) is 0 Å². The van der Waals surface area contributed by atoms with Gasteiger partial charge in [-0.15, -0.1) is 0 Å². The topological polar surface area (TPSA) is 86.2 Å². The van der Waals surface area contributed by atoms with Crippen molar-refractivity contribution >= 4 is 25.2 Å². The molecule has 0 rings (SSSR count). The molecule has 0 aromatic rings. The standard InChI is InChI=1S/Al.Cu.Fe.H3O4P/c;;;1-5(2,3)4/h;;;(H3,1,2,3,4)/q+3;2*+2;/p-3. The van der Waals surface area contributed by atoms with E-state index in [2.05, 4.69) is 0 Å². The molecule has 0 spiro atoms. The van der Waals surface area contributed by atoms with Crippen molar-refractivity contribution < 1.29 is 53.4 Å². The molecule has 0 fully saturated rings. The zero-order valence-corrected chi connectivity index (χ0v) is 7.41. The smallest absolute Gasteiger partial charge is 0.822 e. The SMILES string of the molecule is O=P([O-])([O-])[O-].[Al+3].[Cu+2].[Fe+2]. The molecular weight excluding hydrogens is 241 g/mol. The fourth-order valence-electron chi connectivity index (χ4n) is 0. The first-order chi connectivity index (χ1) is 2.00. The van der Waals surface area contributed by atoms with Crippen molar-refractivity contribution in [2.75, 3.05) is 0 Å². The molecule has 0 unspecified atom stereocenters. The summed E-state index contributed by atoms with van der Waals surface area (Å²) in [5, 5.41) is 0. The predicted molar refractivity (Wildman–Crippen MR) is 13.4 cm³/mol. The maximum atomic E-state index is 8.55. The van der Waals surface area contributed by atoms with Crippen molar-refractivity contribution in [2.24, 2.45) is 0 Å². The largest absolute Gasteiger partial charge is 3.00 e. The molecule has 0 saturated heterocycles. The fraction of sp³-hybridized carbons (Fsp3) is 0. The molecule has 0 aromatic heterocycles. The van der Waals surface area contributed by atoms with Crippen LogP contribution in [0.1, 0.15) is 0 Å². The Morgan fingerprint density at radius 1 is 1.12 bits per heavy atom. The molecule has 0 aliphatic rings. The Labute approximate surface area is 78.4 Å². The van der Waals surface area contributed by atoms with E-state index < -0.39 is 7.82 Å². The molecule has 0 aliphatic carbocycles. The number of hydrogen-bond acceptors (Lipinski definition) is 4. The summed E-state index contributed by atoms with van der Waals surface area (Å²) < 4.78 is 8.55. The van der Waals surface area contributed by atoms with Gasteiger partial charge < -0.3 is 19.2 Å². The fourth-order valence-corrected chi connectivity index (χ4v) is 0. The summed E-state index contributed by atoms with van der Waals surface area (Å²) in [5.74, 6) is 0. The number of hydrogen-bond donors (Lipinski definition) is 0. The normalized spacial score (nSPS) is 7.38. The van der Waals surface area contributed by atoms with E-state index in [1.807, 2.05) is 0 Å². The second kappa shape index (κ2) is 8.68. The minimum atomic E-state index is -5.39. The van der Waals surface area contributed by atoms with E-state index in [0.717, 1.165) is 0 Å². The maximum absolute atomic E-state index is 8.55. The van der Waals surface area contributed by atoms with Crippen molar-refractivity contribution in [1.82, 2.24) is 0 Å². The van der Waals surface area contributed by atoms with Crippen LogP contribution in [0.5, 0.6) is 0 Å². The molecule has 0 N–H and O–H groups in total. The first-order valence-electron chi connectivity index (χ1n) is 0.730. The van der Waals surface area contributed by atoms with E-state index in [1.54, 1.807) is 0 Å². The van der Waals surface area contributed by atoms with E-state index in [-0.39, 0.29) is 51.5 Å². The molecule has 0 heterocycles. The first-order valence-corrected chi connectivity index (χ1v) is 2.19. The zero-order valence-electron chi connectivity index (χ0n) is 3.31. The van der Waals surface area contributed by atoms with Crippen LogP contribution in [0, 0.1) is 0 Å². The van der Waals surface area contributed by atoms with Gasteiger partial charge in [0, 0.05) is 0 Å². The minimum Gasteiger partial charge on any atom is -0.822 e. The minimum absolute atomic E-state index is 0. The monoisotopic (exact) mass is 241 g/mol. The van der Waals surface area contributed by atoms with Crippen molar-refractivity contribution in [1.29, 1.82) is 0 Å². The van der Waals surface area contributed by atoms with E-state index in [4.69, 9.17) is 19.2 Å². The first kappa shape index (κ1) is 22.6. The summed E-state index contributed by atoms with van der Waals surface area (Å²) in [6, 6.07) is 0. The van der Waals surface area contributed by atoms with Gasteiger partial charge in [-0.1, -0.05) is 0 Å². The van der Waals surface area contributed by atoms with E-state index in [9.17, 15) is 0 Å². The third-order valence-electron chi connectivity index (χ3n) is 0. The Bertz CT molecular complexity index is 62.2. The molecule has 0 aliphatic heterocycles. The second-order valence-electron chi connectivity index (χ2n) is 0.447. The molecule has 4 nitrogen and oxygen atoms in total. The molecule has 0 bridgehead atoms. The van der Waals surface area contributed by atoms with Gasteiger partial charge in [0.05, 0.1) is 0 Å². The van der Waals surface area contributed by atoms with E-state index >= 15 is 0 Å². The average Bonchev–Trinajstić information content (AvgIpc) is 0.722. The van der Waals surface area contributed by atoms with Crippen LogP contribution in [-0.4, -0.2) is 17.4 Å². The zero-order chi connectivity index (χ0) is 4.50. The van der Waals surface area contributed by atoms with E-state index in [0.29, 0.717) is 0 Å². The van der Waals surface area contributed by atoms with Crippen LogP contribution in [0.15, 0.2) is 0 Å². The summed E-state index contributed by atoms with van der Waals surface area (Å²) in [5.41, 5.74) is 0. The summed E-state index contributed by atoms with van der Waals surface area (Å²) in [6.07, 6.45) is 0. The summed E-state index contributed by atoms with van der Waals surface area (Å²) in [4.78, 5) is 25.6. The Morgan fingerprint density at radius 3 is 1.12 bits per heavy atom. The van der Waals surface area contributed by atoms with Gasteiger partial charge in [-0.3, -0.25) is 0 Å². The molecule has 0 amide bonds. The van der Waals surface area contributed by atoms with Gasteiger partial charge in [0.15, 0.2) is 0 Å². The van der Waals surface area contributed by atoms with Crippen LogP contribution in [-0.2, 0) is 38.7 Å². The number of rotatable bonds is 0. The molecule has 47 valence electrons. The Balaban J connectivity index is -0.0000000267. The van der Waals surface area contributed by atoms with Crippen LogP contribution < -0.4 is 14.7 Å². The van der Waals surface area contributed by atoms with Crippen molar-refractivity contribution in [3.63, 3.8) is 0 Å². The van der Waals surface area contributed by atoms with Crippen molar-refractivity contribution in [2.45, 2.75) is 0 Å². The molecule has 0 atom stereocenters.